The molecule has 3 N–H and O–H groups in total. The highest BCUT2D eigenvalue weighted by Crippen LogP contribution is 2.35. The molecule has 0 aliphatic heterocycles. The standard InChI is InChI=1S/C15H13ClN4O5S2/c1-15(2,23)14(22)20(13-9(12(18)21)3-4-26-13)27(24,25)10-5-11(16)19-7-8(10)6-17/h3-5,7,23H,1-2H3,(H2,18,21). The zero-order chi connectivity index (χ0) is 20.6. The minimum Gasteiger partial charge on any atom is -0.381 e. The number of anilines is 1. The minimum absolute atomic E-state index is 0.232. The van der Waals surface area contributed by atoms with Gasteiger partial charge >= 0.3 is 0 Å². The molecule has 0 bridgehead atoms. The number of nitrogens with zero attached hydrogens (tertiary/aromatic N) is 3. The van der Waals surface area contributed by atoms with E-state index in [0.717, 1.165) is 37.4 Å². The molecule has 0 saturated heterocycles. The lowest BCUT2D eigenvalue weighted by Gasteiger charge is -2.27. The van der Waals surface area contributed by atoms with E-state index in [1.807, 2.05) is 0 Å². The number of carbonyl (C=O) groups excluding carboxylic acids is 2. The second-order valence-corrected chi connectivity index (χ2v) is 8.79. The smallest absolute Gasteiger partial charge is 0.273 e. The van der Waals surface area contributed by atoms with Crippen LogP contribution in [0.25, 0.3) is 0 Å². The summed E-state index contributed by atoms with van der Waals surface area (Å²) in [6.45, 7) is 2.17. The lowest BCUT2D eigenvalue weighted by molar-refractivity contribution is -0.132. The number of pyridine rings is 1. The molecule has 0 aliphatic rings. The molecular weight excluding hydrogens is 416 g/mol. The summed E-state index contributed by atoms with van der Waals surface area (Å²) < 4.78 is 26.7. The molecule has 2 heterocycles. The van der Waals surface area contributed by atoms with Crippen LogP contribution in [0.15, 0.2) is 28.6 Å². The third kappa shape index (κ3) is 3.93. The number of nitrogens with two attached hydrogens (primary N) is 1. The molecule has 2 amide bonds. The van der Waals surface area contributed by atoms with Gasteiger partial charge in [0.05, 0.1) is 11.1 Å². The highest BCUT2D eigenvalue weighted by Gasteiger charge is 2.42. The Labute approximate surface area is 163 Å². The van der Waals surface area contributed by atoms with Gasteiger partial charge in [0.25, 0.3) is 21.8 Å². The number of aliphatic hydroxyl groups is 1. The van der Waals surface area contributed by atoms with E-state index in [-0.39, 0.29) is 25.6 Å². The molecular formula is C15H13ClN4O5S2. The molecule has 2 aromatic heterocycles. The minimum atomic E-state index is -4.75. The van der Waals surface area contributed by atoms with Gasteiger partial charge in [-0.25, -0.2) is 13.4 Å². The molecule has 0 fully saturated rings. The molecule has 9 nitrogen and oxygen atoms in total. The maximum absolute atomic E-state index is 13.2. The molecule has 142 valence electrons. The van der Waals surface area contributed by atoms with E-state index in [1.54, 1.807) is 6.07 Å². The number of thiophene rings is 1. The van der Waals surface area contributed by atoms with E-state index in [0.29, 0.717) is 0 Å². The number of hydrogen-bond acceptors (Lipinski definition) is 8. The Bertz CT molecular complexity index is 1070. The Morgan fingerprint density at radius 3 is 2.59 bits per heavy atom. The number of rotatable bonds is 5. The number of primary amides is 1. The van der Waals surface area contributed by atoms with Gasteiger partial charge in [-0.05, 0) is 31.4 Å². The first-order valence-electron chi connectivity index (χ1n) is 7.16. The number of sulfonamides is 1. The maximum Gasteiger partial charge on any atom is 0.273 e. The van der Waals surface area contributed by atoms with Gasteiger partial charge < -0.3 is 10.8 Å². The molecule has 0 saturated carbocycles. The molecule has 2 rings (SSSR count). The Balaban J connectivity index is 2.84. The average Bonchev–Trinajstić information content (AvgIpc) is 3.03. The Kier molecular flexibility index (Phi) is 5.58. The first-order valence-corrected chi connectivity index (χ1v) is 9.86. The summed E-state index contributed by atoms with van der Waals surface area (Å²) in [5, 5.41) is 20.1. The van der Waals surface area contributed by atoms with Gasteiger partial charge in [0, 0.05) is 6.20 Å². The van der Waals surface area contributed by atoms with Gasteiger partial charge in [-0.2, -0.15) is 9.57 Å². The quantitative estimate of drug-likeness (QED) is 0.679. The fourth-order valence-electron chi connectivity index (χ4n) is 2.01. The third-order valence-electron chi connectivity index (χ3n) is 3.27. The number of amides is 2. The van der Waals surface area contributed by atoms with Gasteiger partial charge in [0.15, 0.2) is 0 Å². The monoisotopic (exact) mass is 428 g/mol. The molecule has 2 aromatic rings. The van der Waals surface area contributed by atoms with Crippen molar-refractivity contribution in [2.24, 2.45) is 5.73 Å². The van der Waals surface area contributed by atoms with Crippen LogP contribution in [0.2, 0.25) is 5.15 Å². The summed E-state index contributed by atoms with van der Waals surface area (Å²) in [6.07, 6.45) is 0.936. The molecule has 0 spiro atoms. The number of carbonyl (C=O) groups is 2. The zero-order valence-electron chi connectivity index (χ0n) is 14.0. The molecule has 0 aliphatic carbocycles. The summed E-state index contributed by atoms with van der Waals surface area (Å²) in [5.41, 5.74) is 2.54. The van der Waals surface area contributed by atoms with Crippen LogP contribution in [0.5, 0.6) is 0 Å². The Hall–Kier alpha value is -2.52. The van der Waals surface area contributed by atoms with Gasteiger partial charge in [0.1, 0.15) is 26.7 Å². The third-order valence-corrected chi connectivity index (χ3v) is 6.22. The topological polar surface area (TPSA) is 154 Å². The molecule has 0 unspecified atom stereocenters. The number of nitriles is 1. The van der Waals surface area contributed by atoms with E-state index in [9.17, 15) is 28.4 Å². The zero-order valence-corrected chi connectivity index (χ0v) is 16.4. The van der Waals surface area contributed by atoms with Crippen molar-refractivity contribution >= 4 is 49.8 Å². The van der Waals surface area contributed by atoms with Crippen molar-refractivity contribution in [3.63, 3.8) is 0 Å². The van der Waals surface area contributed by atoms with Crippen molar-refractivity contribution in [3.05, 3.63) is 40.0 Å². The maximum atomic E-state index is 13.2. The van der Waals surface area contributed by atoms with Crippen LogP contribution in [-0.2, 0) is 14.8 Å². The summed E-state index contributed by atoms with van der Waals surface area (Å²) in [4.78, 5) is 27.4. The van der Waals surface area contributed by atoms with E-state index >= 15 is 0 Å². The molecule has 27 heavy (non-hydrogen) atoms. The van der Waals surface area contributed by atoms with Crippen LogP contribution in [0.4, 0.5) is 5.00 Å². The first kappa shape index (κ1) is 20.8. The fourth-order valence-corrected chi connectivity index (χ4v) is 5.06. The van der Waals surface area contributed by atoms with Gasteiger partial charge in [0.2, 0.25) is 0 Å². The van der Waals surface area contributed by atoms with Gasteiger partial charge in [-0.15, -0.1) is 11.3 Å². The van der Waals surface area contributed by atoms with Gasteiger partial charge in [-0.3, -0.25) is 9.59 Å². The fraction of sp³-hybridized carbons (Fsp3) is 0.200. The summed E-state index contributed by atoms with van der Waals surface area (Å²) in [5.74, 6) is -2.22. The SMILES string of the molecule is CC(C)(O)C(=O)N(c1sccc1C(N)=O)S(=O)(=O)c1cc(Cl)ncc1C#N. The predicted octanol–water partition coefficient (Wildman–Crippen LogP) is 1.26. The largest absolute Gasteiger partial charge is 0.381 e. The highest BCUT2D eigenvalue weighted by molar-refractivity contribution is 7.94. The van der Waals surface area contributed by atoms with Crippen molar-refractivity contribution in [1.82, 2.24) is 4.98 Å². The second kappa shape index (κ2) is 7.24. The van der Waals surface area contributed by atoms with Crippen molar-refractivity contribution < 1.29 is 23.1 Å². The van der Waals surface area contributed by atoms with Crippen molar-refractivity contribution in [2.75, 3.05) is 4.31 Å². The van der Waals surface area contributed by atoms with Crippen LogP contribution in [0.3, 0.4) is 0 Å². The number of aromatic nitrogens is 1. The van der Waals surface area contributed by atoms with Crippen molar-refractivity contribution in [2.45, 2.75) is 24.3 Å². The van der Waals surface area contributed by atoms with Crippen LogP contribution < -0.4 is 10.0 Å². The lowest BCUT2D eigenvalue weighted by Crippen LogP contribution is -2.48. The lowest BCUT2D eigenvalue weighted by atomic mass is 10.1. The molecule has 0 radical (unpaired) electrons. The summed E-state index contributed by atoms with van der Waals surface area (Å²) >= 11 is 6.50. The van der Waals surface area contributed by atoms with Crippen LogP contribution in [-0.4, -0.2) is 35.9 Å². The summed E-state index contributed by atoms with van der Waals surface area (Å²) in [7, 11) is -4.75. The number of hydrogen-bond donors (Lipinski definition) is 2. The number of halogens is 1. The van der Waals surface area contributed by atoms with E-state index in [2.05, 4.69) is 4.98 Å². The normalized spacial score (nSPS) is 11.7. The van der Waals surface area contributed by atoms with Crippen molar-refractivity contribution in [1.29, 1.82) is 5.26 Å². The second-order valence-electron chi connectivity index (χ2n) is 5.75. The van der Waals surface area contributed by atoms with Crippen molar-refractivity contribution in [3.8, 4) is 6.07 Å². The van der Waals surface area contributed by atoms with Crippen LogP contribution in [0.1, 0.15) is 29.8 Å². The van der Waals surface area contributed by atoms with Crippen LogP contribution in [0, 0.1) is 11.3 Å². The van der Waals surface area contributed by atoms with E-state index < -0.39 is 32.3 Å². The van der Waals surface area contributed by atoms with E-state index in [1.165, 1.54) is 11.4 Å². The van der Waals surface area contributed by atoms with E-state index in [4.69, 9.17) is 17.3 Å². The van der Waals surface area contributed by atoms with Gasteiger partial charge in [-0.1, -0.05) is 11.6 Å². The average molecular weight is 429 g/mol. The molecule has 0 atom stereocenters. The first-order chi connectivity index (χ1) is 12.4. The Morgan fingerprint density at radius 1 is 1.44 bits per heavy atom. The van der Waals surface area contributed by atoms with Crippen LogP contribution >= 0.6 is 22.9 Å². The molecule has 0 aromatic carbocycles. The molecule has 12 heteroatoms. The summed E-state index contributed by atoms with van der Waals surface area (Å²) in [6, 6.07) is 3.80. The highest BCUT2D eigenvalue weighted by atomic mass is 35.5. The Morgan fingerprint density at radius 2 is 2.07 bits per heavy atom. The predicted molar refractivity (Wildman–Crippen MR) is 97.8 cm³/mol.